The van der Waals surface area contributed by atoms with Crippen molar-refractivity contribution in [3.63, 3.8) is 0 Å². The Morgan fingerprint density at radius 1 is 1.16 bits per heavy atom. The lowest BCUT2D eigenvalue weighted by Crippen LogP contribution is -2.26. The van der Waals surface area contributed by atoms with Crippen LogP contribution in [-0.2, 0) is 17.8 Å². The fourth-order valence-electron chi connectivity index (χ4n) is 2.54. The summed E-state index contributed by atoms with van der Waals surface area (Å²) in [6.07, 6.45) is 6.06. The van der Waals surface area contributed by atoms with Crippen molar-refractivity contribution in [2.75, 3.05) is 7.05 Å². The Bertz CT molecular complexity index is 826. The van der Waals surface area contributed by atoms with Crippen LogP contribution in [0.25, 0.3) is 11.3 Å². The van der Waals surface area contributed by atoms with E-state index in [0.717, 1.165) is 16.9 Å². The molecule has 0 aliphatic rings. The van der Waals surface area contributed by atoms with Gasteiger partial charge in [-0.05, 0) is 18.6 Å². The monoisotopic (exact) mass is 335 g/mol. The van der Waals surface area contributed by atoms with E-state index < -0.39 is 0 Å². The fraction of sp³-hybridized carbons (Fsp3) is 0.250. The van der Waals surface area contributed by atoms with Gasteiger partial charge in [0.1, 0.15) is 0 Å². The number of carbonyl (C=O) groups excluding carboxylic acids is 1. The average molecular weight is 335 g/mol. The number of hydrogen-bond acceptors (Lipinski definition) is 4. The molecule has 0 saturated carbocycles. The van der Waals surface area contributed by atoms with Gasteiger partial charge in [-0.1, -0.05) is 35.9 Å². The van der Waals surface area contributed by atoms with E-state index in [0.29, 0.717) is 25.3 Å². The molecule has 1 amide bonds. The smallest absolute Gasteiger partial charge is 0.223 e. The topological polar surface area (TPSA) is 59.2 Å². The van der Waals surface area contributed by atoms with E-state index in [-0.39, 0.29) is 5.91 Å². The molecule has 0 saturated heterocycles. The number of nitrogens with zero attached hydrogens (tertiary/aromatic N) is 3. The summed E-state index contributed by atoms with van der Waals surface area (Å²) < 4.78 is 5.77. The average Bonchev–Trinajstić information content (AvgIpc) is 3.10. The molecule has 5 heteroatoms. The van der Waals surface area contributed by atoms with E-state index in [2.05, 4.69) is 9.97 Å². The quantitative estimate of drug-likeness (QED) is 0.690. The van der Waals surface area contributed by atoms with Crippen molar-refractivity contribution in [1.82, 2.24) is 14.9 Å². The molecule has 3 rings (SSSR count). The molecule has 25 heavy (non-hydrogen) atoms. The van der Waals surface area contributed by atoms with Gasteiger partial charge in [-0.15, -0.1) is 0 Å². The molecule has 0 N–H and O–H groups in total. The molecular weight excluding hydrogens is 314 g/mol. The highest BCUT2D eigenvalue weighted by molar-refractivity contribution is 5.76. The Hall–Kier alpha value is -2.95. The predicted molar refractivity (Wildman–Crippen MR) is 95.7 cm³/mol. The van der Waals surface area contributed by atoms with E-state index in [1.54, 1.807) is 30.5 Å². The molecule has 2 heterocycles. The van der Waals surface area contributed by atoms with Crippen LogP contribution >= 0.6 is 0 Å². The van der Waals surface area contributed by atoms with Crippen LogP contribution < -0.4 is 0 Å². The number of amides is 1. The Labute approximate surface area is 147 Å². The van der Waals surface area contributed by atoms with Gasteiger partial charge in [0, 0.05) is 44.4 Å². The van der Waals surface area contributed by atoms with Crippen molar-refractivity contribution in [2.45, 2.75) is 26.3 Å². The summed E-state index contributed by atoms with van der Waals surface area (Å²) in [6, 6.07) is 11.9. The molecule has 0 aliphatic carbocycles. The molecule has 0 bridgehead atoms. The van der Waals surface area contributed by atoms with Gasteiger partial charge in [-0.25, -0.2) is 4.98 Å². The third-order valence-electron chi connectivity index (χ3n) is 4.01. The lowest BCUT2D eigenvalue weighted by molar-refractivity contribution is -0.130. The lowest BCUT2D eigenvalue weighted by atomic mass is 10.1. The Morgan fingerprint density at radius 2 is 1.96 bits per heavy atom. The van der Waals surface area contributed by atoms with Crippen molar-refractivity contribution in [1.29, 1.82) is 0 Å². The predicted octanol–water partition coefficient (Wildman–Crippen LogP) is 3.64. The maximum Gasteiger partial charge on any atom is 0.223 e. The van der Waals surface area contributed by atoms with Crippen LogP contribution in [0.5, 0.6) is 0 Å². The minimum absolute atomic E-state index is 0.0546. The van der Waals surface area contributed by atoms with E-state index in [1.807, 2.05) is 43.3 Å². The first-order chi connectivity index (χ1) is 12.1. The van der Waals surface area contributed by atoms with E-state index in [1.165, 1.54) is 5.56 Å². The minimum Gasteiger partial charge on any atom is -0.441 e. The molecule has 3 aromatic rings. The van der Waals surface area contributed by atoms with E-state index >= 15 is 0 Å². The highest BCUT2D eigenvalue weighted by Crippen LogP contribution is 2.21. The minimum atomic E-state index is 0.0546. The number of hydrogen-bond donors (Lipinski definition) is 0. The lowest BCUT2D eigenvalue weighted by Gasteiger charge is -2.16. The molecule has 0 spiro atoms. The largest absolute Gasteiger partial charge is 0.441 e. The van der Waals surface area contributed by atoms with Gasteiger partial charge < -0.3 is 9.32 Å². The highest BCUT2D eigenvalue weighted by atomic mass is 16.4. The van der Waals surface area contributed by atoms with Crippen molar-refractivity contribution in [3.05, 3.63) is 72.0 Å². The zero-order valence-corrected chi connectivity index (χ0v) is 14.5. The van der Waals surface area contributed by atoms with Crippen molar-refractivity contribution in [2.24, 2.45) is 0 Å². The van der Waals surface area contributed by atoms with Crippen molar-refractivity contribution < 1.29 is 9.21 Å². The number of aryl methyl sites for hydroxylation is 2. The summed E-state index contributed by atoms with van der Waals surface area (Å²) in [5, 5.41) is 0. The number of rotatable bonds is 6. The second kappa shape index (κ2) is 7.75. The first-order valence-corrected chi connectivity index (χ1v) is 8.26. The molecule has 0 radical (unpaired) electrons. The van der Waals surface area contributed by atoms with Crippen LogP contribution in [0.15, 0.2) is 59.4 Å². The Morgan fingerprint density at radius 3 is 2.68 bits per heavy atom. The Balaban J connectivity index is 1.54. The van der Waals surface area contributed by atoms with Gasteiger partial charge in [-0.2, -0.15) is 0 Å². The number of carbonyl (C=O) groups is 1. The number of benzene rings is 1. The Kier molecular flexibility index (Phi) is 5.23. The summed E-state index contributed by atoms with van der Waals surface area (Å²) in [7, 11) is 1.79. The number of pyridine rings is 1. The van der Waals surface area contributed by atoms with Crippen LogP contribution in [0, 0.1) is 6.92 Å². The first kappa shape index (κ1) is 16.9. The van der Waals surface area contributed by atoms with Gasteiger partial charge >= 0.3 is 0 Å². The first-order valence-electron chi connectivity index (χ1n) is 8.26. The molecule has 1 aromatic carbocycles. The van der Waals surface area contributed by atoms with Gasteiger partial charge in [0.15, 0.2) is 11.7 Å². The van der Waals surface area contributed by atoms with Crippen LogP contribution in [0.3, 0.4) is 0 Å². The molecular formula is C20H21N3O2. The molecule has 0 unspecified atom stereocenters. The van der Waals surface area contributed by atoms with Crippen LogP contribution in [0.1, 0.15) is 23.4 Å². The zero-order valence-electron chi connectivity index (χ0n) is 14.5. The zero-order chi connectivity index (χ0) is 17.6. The highest BCUT2D eigenvalue weighted by Gasteiger charge is 2.12. The second-order valence-corrected chi connectivity index (χ2v) is 6.10. The molecule has 0 aliphatic heterocycles. The number of aromatic nitrogens is 2. The van der Waals surface area contributed by atoms with E-state index in [4.69, 9.17) is 4.42 Å². The molecule has 2 aromatic heterocycles. The summed E-state index contributed by atoms with van der Waals surface area (Å²) in [5.74, 6) is 1.36. The normalized spacial score (nSPS) is 10.6. The summed E-state index contributed by atoms with van der Waals surface area (Å²) in [4.78, 5) is 22.3. The summed E-state index contributed by atoms with van der Waals surface area (Å²) in [6.45, 7) is 2.59. The van der Waals surface area contributed by atoms with Gasteiger partial charge in [0.2, 0.25) is 5.91 Å². The molecule has 5 nitrogen and oxygen atoms in total. The van der Waals surface area contributed by atoms with Crippen LogP contribution in [0.4, 0.5) is 0 Å². The molecule has 128 valence electrons. The van der Waals surface area contributed by atoms with E-state index in [9.17, 15) is 4.79 Å². The number of oxazole rings is 1. The SMILES string of the molecule is Cc1ccc(-c2cnc(CCC(=O)N(C)Cc3cccnc3)o2)cc1. The fourth-order valence-corrected chi connectivity index (χ4v) is 2.54. The molecule has 0 fully saturated rings. The third kappa shape index (κ3) is 4.53. The van der Waals surface area contributed by atoms with Crippen LogP contribution in [0.2, 0.25) is 0 Å². The maximum atomic E-state index is 12.3. The standard InChI is InChI=1S/C20H21N3O2/c1-15-5-7-17(8-6-15)18-13-22-19(25-18)9-10-20(24)23(2)14-16-4-3-11-21-12-16/h3-8,11-13H,9-10,14H2,1-2H3. The third-order valence-corrected chi connectivity index (χ3v) is 4.01. The van der Waals surface area contributed by atoms with Crippen molar-refractivity contribution in [3.8, 4) is 11.3 Å². The summed E-state index contributed by atoms with van der Waals surface area (Å²) >= 11 is 0. The molecule has 0 atom stereocenters. The van der Waals surface area contributed by atoms with Gasteiger partial charge in [0.25, 0.3) is 0 Å². The van der Waals surface area contributed by atoms with Gasteiger partial charge in [0.05, 0.1) is 6.20 Å². The van der Waals surface area contributed by atoms with Crippen molar-refractivity contribution >= 4 is 5.91 Å². The second-order valence-electron chi connectivity index (χ2n) is 6.10. The van der Waals surface area contributed by atoms with Crippen LogP contribution in [-0.4, -0.2) is 27.8 Å². The summed E-state index contributed by atoms with van der Waals surface area (Å²) in [5.41, 5.74) is 3.20. The van der Waals surface area contributed by atoms with Gasteiger partial charge in [-0.3, -0.25) is 9.78 Å². The maximum absolute atomic E-state index is 12.3.